The van der Waals surface area contributed by atoms with E-state index in [1.165, 1.54) is 16.2 Å². The van der Waals surface area contributed by atoms with E-state index in [1.807, 2.05) is 13.8 Å². The third-order valence-corrected chi connectivity index (χ3v) is 6.46. The van der Waals surface area contributed by atoms with Crippen molar-refractivity contribution in [1.82, 2.24) is 9.88 Å². The van der Waals surface area contributed by atoms with Gasteiger partial charge in [0.15, 0.2) is 16.7 Å². The van der Waals surface area contributed by atoms with E-state index in [9.17, 15) is 9.59 Å². The molecule has 0 unspecified atom stereocenters. The van der Waals surface area contributed by atoms with Crippen LogP contribution in [0.25, 0.3) is 0 Å². The molecule has 1 aliphatic carbocycles. The molecular formula is C20H25N3O3S. The number of rotatable bonds is 3. The van der Waals surface area contributed by atoms with E-state index in [0.29, 0.717) is 34.9 Å². The first-order valence-corrected chi connectivity index (χ1v) is 10.3. The number of thiazole rings is 1. The van der Waals surface area contributed by atoms with Crippen molar-refractivity contribution in [2.24, 2.45) is 5.41 Å². The Morgan fingerprint density at radius 3 is 2.89 bits per heavy atom. The second-order valence-electron chi connectivity index (χ2n) is 8.26. The van der Waals surface area contributed by atoms with Gasteiger partial charge in [0, 0.05) is 42.8 Å². The fourth-order valence-electron chi connectivity index (χ4n) is 4.03. The molecule has 0 aromatic carbocycles. The lowest BCUT2D eigenvalue weighted by Crippen LogP contribution is -2.29. The van der Waals surface area contributed by atoms with Crippen LogP contribution in [0.1, 0.15) is 70.0 Å². The molecule has 7 heteroatoms. The predicted molar refractivity (Wildman–Crippen MR) is 105 cm³/mol. The van der Waals surface area contributed by atoms with Gasteiger partial charge in [-0.25, -0.2) is 4.98 Å². The number of hydrogen-bond donors (Lipinski definition) is 1. The van der Waals surface area contributed by atoms with Gasteiger partial charge in [-0.1, -0.05) is 20.8 Å². The van der Waals surface area contributed by atoms with Crippen molar-refractivity contribution < 1.29 is 14.0 Å². The number of carbonyl (C=O) groups excluding carboxylic acids is 2. The highest BCUT2D eigenvalue weighted by molar-refractivity contribution is 7.15. The summed E-state index contributed by atoms with van der Waals surface area (Å²) in [5, 5.41) is 3.48. The molecule has 144 valence electrons. The second-order valence-corrected chi connectivity index (χ2v) is 9.34. The Bertz CT molecular complexity index is 925. The Labute approximate surface area is 163 Å². The zero-order valence-corrected chi connectivity index (χ0v) is 17.1. The fraction of sp³-hybridized carbons (Fsp3) is 0.550. The van der Waals surface area contributed by atoms with E-state index in [4.69, 9.17) is 4.42 Å². The Morgan fingerprint density at radius 1 is 1.37 bits per heavy atom. The molecule has 0 saturated carbocycles. The normalized spacial score (nSPS) is 18.9. The molecule has 1 aliphatic heterocycles. The van der Waals surface area contributed by atoms with Crippen LogP contribution in [-0.2, 0) is 19.4 Å². The van der Waals surface area contributed by atoms with Crippen molar-refractivity contribution in [3.8, 4) is 0 Å². The van der Waals surface area contributed by atoms with Crippen molar-refractivity contribution in [1.29, 1.82) is 0 Å². The van der Waals surface area contributed by atoms with Crippen LogP contribution in [0.3, 0.4) is 0 Å². The number of furan rings is 1. The van der Waals surface area contributed by atoms with Crippen molar-refractivity contribution in [2.45, 2.75) is 53.5 Å². The number of hydrogen-bond acceptors (Lipinski definition) is 6. The molecule has 2 aliphatic rings. The van der Waals surface area contributed by atoms with E-state index >= 15 is 0 Å². The van der Waals surface area contributed by atoms with E-state index in [-0.39, 0.29) is 22.9 Å². The molecule has 0 radical (unpaired) electrons. The average molecular weight is 388 g/mol. The first kappa shape index (κ1) is 18.4. The molecule has 6 nitrogen and oxygen atoms in total. The molecule has 27 heavy (non-hydrogen) atoms. The SMILES string of the molecule is CCN1CCc2nc(NC(=O)c3oc4c(c3C)C(=O)CC(C)(C)C4)sc2C1. The van der Waals surface area contributed by atoms with Gasteiger partial charge in [0.1, 0.15) is 5.76 Å². The van der Waals surface area contributed by atoms with Gasteiger partial charge in [0.2, 0.25) is 0 Å². The monoisotopic (exact) mass is 387 g/mol. The number of Topliss-reactive ketones (excluding diaryl/α,β-unsaturated/α-hetero) is 1. The fourth-order valence-corrected chi connectivity index (χ4v) is 5.07. The molecule has 0 saturated heterocycles. The van der Waals surface area contributed by atoms with Gasteiger partial charge >= 0.3 is 0 Å². The Kier molecular flexibility index (Phi) is 4.47. The minimum Gasteiger partial charge on any atom is -0.455 e. The maximum atomic E-state index is 12.8. The van der Waals surface area contributed by atoms with Crippen molar-refractivity contribution in [2.75, 3.05) is 18.4 Å². The lowest BCUT2D eigenvalue weighted by Gasteiger charge is -2.27. The van der Waals surface area contributed by atoms with Crippen molar-refractivity contribution in [3.05, 3.63) is 33.2 Å². The van der Waals surface area contributed by atoms with Crippen LogP contribution in [0.4, 0.5) is 5.13 Å². The number of anilines is 1. The lowest BCUT2D eigenvalue weighted by molar-refractivity contribution is 0.0898. The van der Waals surface area contributed by atoms with Crippen LogP contribution in [0, 0.1) is 12.3 Å². The second kappa shape index (κ2) is 6.56. The van der Waals surface area contributed by atoms with E-state index < -0.39 is 0 Å². The largest absolute Gasteiger partial charge is 0.455 e. The first-order chi connectivity index (χ1) is 12.8. The zero-order chi connectivity index (χ0) is 19.3. The van der Waals surface area contributed by atoms with Crippen LogP contribution >= 0.6 is 11.3 Å². The molecule has 0 spiro atoms. The summed E-state index contributed by atoms with van der Waals surface area (Å²) in [6.45, 7) is 10.9. The smallest absolute Gasteiger partial charge is 0.293 e. The van der Waals surface area contributed by atoms with Gasteiger partial charge < -0.3 is 4.42 Å². The van der Waals surface area contributed by atoms with Gasteiger partial charge in [-0.15, -0.1) is 11.3 Å². The molecule has 2 aromatic rings. The van der Waals surface area contributed by atoms with Gasteiger partial charge in [0.05, 0.1) is 11.3 Å². The van der Waals surface area contributed by atoms with Crippen LogP contribution < -0.4 is 5.32 Å². The number of amides is 1. The molecule has 2 aromatic heterocycles. The van der Waals surface area contributed by atoms with Gasteiger partial charge in [0.25, 0.3) is 5.91 Å². The summed E-state index contributed by atoms with van der Waals surface area (Å²) in [6.07, 6.45) is 2.06. The lowest BCUT2D eigenvalue weighted by atomic mass is 9.76. The maximum absolute atomic E-state index is 12.8. The molecule has 0 atom stereocenters. The quantitative estimate of drug-likeness (QED) is 0.866. The zero-order valence-electron chi connectivity index (χ0n) is 16.3. The standard InChI is InChI=1S/C20H25N3O3S/c1-5-23-7-6-12-15(10-23)27-19(21-12)22-18(25)17-11(2)16-13(24)8-20(3,4)9-14(16)26-17/h5-10H2,1-4H3,(H,21,22,25). The van der Waals surface area contributed by atoms with Crippen LogP contribution in [0.2, 0.25) is 0 Å². The molecule has 4 rings (SSSR count). The minimum atomic E-state index is -0.328. The van der Waals surface area contributed by atoms with E-state index in [1.54, 1.807) is 6.92 Å². The van der Waals surface area contributed by atoms with Crippen LogP contribution in [0.15, 0.2) is 4.42 Å². The minimum absolute atomic E-state index is 0.0610. The highest BCUT2D eigenvalue weighted by Crippen LogP contribution is 2.38. The Balaban J connectivity index is 1.57. The predicted octanol–water partition coefficient (Wildman–Crippen LogP) is 3.83. The summed E-state index contributed by atoms with van der Waals surface area (Å²) in [6, 6.07) is 0. The number of ketones is 1. The van der Waals surface area contributed by atoms with E-state index in [2.05, 4.69) is 22.1 Å². The summed E-state index contributed by atoms with van der Waals surface area (Å²) in [5.41, 5.74) is 2.17. The summed E-state index contributed by atoms with van der Waals surface area (Å²) < 4.78 is 5.85. The maximum Gasteiger partial charge on any atom is 0.293 e. The third-order valence-electron chi connectivity index (χ3n) is 5.46. The van der Waals surface area contributed by atoms with Gasteiger partial charge in [-0.2, -0.15) is 0 Å². The number of fused-ring (bicyclic) bond motifs is 2. The summed E-state index contributed by atoms with van der Waals surface area (Å²) >= 11 is 1.53. The topological polar surface area (TPSA) is 75.4 Å². The Hall–Kier alpha value is -1.99. The van der Waals surface area contributed by atoms with Crippen LogP contribution in [-0.4, -0.2) is 34.7 Å². The molecule has 3 heterocycles. The highest BCUT2D eigenvalue weighted by Gasteiger charge is 2.37. The number of likely N-dealkylation sites (N-methyl/N-ethyl adjacent to an activating group) is 1. The van der Waals surface area contributed by atoms with Crippen LogP contribution in [0.5, 0.6) is 0 Å². The van der Waals surface area contributed by atoms with Crippen molar-refractivity contribution in [3.63, 3.8) is 0 Å². The van der Waals surface area contributed by atoms with Gasteiger partial charge in [-0.3, -0.25) is 19.8 Å². The summed E-state index contributed by atoms with van der Waals surface area (Å²) in [7, 11) is 0. The van der Waals surface area contributed by atoms with E-state index in [0.717, 1.165) is 31.7 Å². The molecule has 0 bridgehead atoms. The first-order valence-electron chi connectivity index (χ1n) is 9.45. The molecule has 1 amide bonds. The Morgan fingerprint density at radius 2 is 2.15 bits per heavy atom. The van der Waals surface area contributed by atoms with Crippen molar-refractivity contribution >= 4 is 28.2 Å². The number of nitrogens with one attached hydrogen (secondary N) is 1. The molecule has 0 fully saturated rings. The number of nitrogens with zero attached hydrogens (tertiary/aromatic N) is 2. The summed E-state index contributed by atoms with van der Waals surface area (Å²) in [4.78, 5) is 33.5. The highest BCUT2D eigenvalue weighted by atomic mass is 32.1. The van der Waals surface area contributed by atoms with Gasteiger partial charge in [-0.05, 0) is 18.9 Å². The number of aromatic nitrogens is 1. The molecule has 1 N–H and O–H groups in total. The third kappa shape index (κ3) is 3.34. The number of carbonyl (C=O) groups is 2. The molecular weight excluding hydrogens is 362 g/mol. The average Bonchev–Trinajstić information content (AvgIpc) is 3.13. The summed E-state index contributed by atoms with van der Waals surface area (Å²) in [5.74, 6) is 0.599.